The predicted octanol–water partition coefficient (Wildman–Crippen LogP) is 1.75. The third-order valence-corrected chi connectivity index (χ3v) is 3.13. The molecule has 0 aliphatic rings. The zero-order chi connectivity index (χ0) is 14.4. The van der Waals surface area contributed by atoms with Gasteiger partial charge in [-0.05, 0) is 18.6 Å². The van der Waals surface area contributed by atoms with Crippen LogP contribution in [0.15, 0.2) is 24.3 Å². The number of para-hydroxylation sites is 2. The number of methoxy groups -OCH3 is 1. The fourth-order valence-corrected chi connectivity index (χ4v) is 2.29. The number of hydrogen-bond donors (Lipinski definition) is 1. The Labute approximate surface area is 118 Å². The van der Waals surface area contributed by atoms with Gasteiger partial charge >= 0.3 is 0 Å². The summed E-state index contributed by atoms with van der Waals surface area (Å²) in [5.74, 6) is 0.927. The van der Waals surface area contributed by atoms with Crippen molar-refractivity contribution in [2.24, 2.45) is 0 Å². The van der Waals surface area contributed by atoms with E-state index in [2.05, 4.69) is 27.9 Å². The number of carbonyl (C=O) groups excluding carboxylic acids is 1. The average molecular weight is 275 g/mol. The SMILES string of the molecule is CCCn1c(CCNC(=O)COC)nc2ccccc21. The van der Waals surface area contributed by atoms with Gasteiger partial charge in [0.2, 0.25) is 5.91 Å². The van der Waals surface area contributed by atoms with E-state index in [1.165, 1.54) is 7.11 Å². The van der Waals surface area contributed by atoms with Crippen molar-refractivity contribution in [1.82, 2.24) is 14.9 Å². The van der Waals surface area contributed by atoms with Crippen LogP contribution in [-0.2, 0) is 22.5 Å². The number of imidazole rings is 1. The average Bonchev–Trinajstić information content (AvgIpc) is 2.78. The lowest BCUT2D eigenvalue weighted by atomic mass is 10.3. The van der Waals surface area contributed by atoms with Crippen LogP contribution in [0.2, 0.25) is 0 Å². The highest BCUT2D eigenvalue weighted by Crippen LogP contribution is 2.16. The van der Waals surface area contributed by atoms with Gasteiger partial charge in [-0.25, -0.2) is 4.98 Å². The number of fused-ring (bicyclic) bond motifs is 1. The van der Waals surface area contributed by atoms with Crippen LogP contribution in [0.1, 0.15) is 19.2 Å². The molecule has 2 aromatic rings. The maximum Gasteiger partial charge on any atom is 0.245 e. The van der Waals surface area contributed by atoms with E-state index in [9.17, 15) is 4.79 Å². The fraction of sp³-hybridized carbons (Fsp3) is 0.467. The van der Waals surface area contributed by atoms with Crippen molar-refractivity contribution in [2.75, 3.05) is 20.3 Å². The van der Waals surface area contributed by atoms with Gasteiger partial charge in [-0.3, -0.25) is 4.79 Å². The summed E-state index contributed by atoms with van der Waals surface area (Å²) in [6, 6.07) is 8.13. The maximum absolute atomic E-state index is 11.4. The molecule has 20 heavy (non-hydrogen) atoms. The molecule has 1 amide bonds. The zero-order valence-corrected chi connectivity index (χ0v) is 12.1. The fourth-order valence-electron chi connectivity index (χ4n) is 2.29. The van der Waals surface area contributed by atoms with Gasteiger partial charge in [0.25, 0.3) is 0 Å². The molecule has 1 aromatic heterocycles. The summed E-state index contributed by atoms with van der Waals surface area (Å²) in [4.78, 5) is 16.0. The number of nitrogens with one attached hydrogen (secondary N) is 1. The number of amides is 1. The van der Waals surface area contributed by atoms with E-state index in [1.54, 1.807) is 0 Å². The van der Waals surface area contributed by atoms with Gasteiger partial charge in [-0.15, -0.1) is 0 Å². The zero-order valence-electron chi connectivity index (χ0n) is 12.1. The summed E-state index contributed by atoms with van der Waals surface area (Å²) in [5.41, 5.74) is 2.17. The highest BCUT2D eigenvalue weighted by Gasteiger charge is 2.09. The van der Waals surface area contributed by atoms with Crippen LogP contribution in [0.25, 0.3) is 11.0 Å². The van der Waals surface area contributed by atoms with Crippen molar-refractivity contribution in [3.63, 3.8) is 0 Å². The van der Waals surface area contributed by atoms with Gasteiger partial charge < -0.3 is 14.6 Å². The van der Waals surface area contributed by atoms with Crippen LogP contribution in [0.3, 0.4) is 0 Å². The number of aromatic nitrogens is 2. The van der Waals surface area contributed by atoms with Gasteiger partial charge in [0.1, 0.15) is 12.4 Å². The molecule has 5 nitrogen and oxygen atoms in total. The van der Waals surface area contributed by atoms with Crippen molar-refractivity contribution >= 4 is 16.9 Å². The minimum atomic E-state index is -0.0920. The van der Waals surface area contributed by atoms with E-state index < -0.39 is 0 Å². The smallest absolute Gasteiger partial charge is 0.245 e. The second-order valence-corrected chi connectivity index (χ2v) is 4.70. The third-order valence-electron chi connectivity index (χ3n) is 3.13. The Morgan fingerprint density at radius 1 is 1.40 bits per heavy atom. The summed E-state index contributed by atoms with van der Waals surface area (Å²) in [6.07, 6.45) is 1.79. The molecule has 2 rings (SSSR count). The molecule has 0 saturated heterocycles. The maximum atomic E-state index is 11.4. The lowest BCUT2D eigenvalue weighted by molar-refractivity contribution is -0.124. The normalized spacial score (nSPS) is 10.9. The summed E-state index contributed by atoms with van der Waals surface area (Å²) in [6.45, 7) is 3.78. The second-order valence-electron chi connectivity index (χ2n) is 4.70. The van der Waals surface area contributed by atoms with Crippen molar-refractivity contribution in [3.05, 3.63) is 30.1 Å². The van der Waals surface area contributed by atoms with Gasteiger partial charge in [0.05, 0.1) is 11.0 Å². The molecule has 0 radical (unpaired) electrons. The number of benzene rings is 1. The van der Waals surface area contributed by atoms with Crippen LogP contribution in [-0.4, -0.2) is 35.7 Å². The number of carbonyl (C=O) groups is 1. The largest absolute Gasteiger partial charge is 0.375 e. The minimum Gasteiger partial charge on any atom is -0.375 e. The topological polar surface area (TPSA) is 56.2 Å². The first-order chi connectivity index (χ1) is 9.76. The molecule has 0 fully saturated rings. The highest BCUT2D eigenvalue weighted by atomic mass is 16.5. The van der Waals surface area contributed by atoms with Gasteiger partial charge in [0, 0.05) is 26.6 Å². The predicted molar refractivity (Wildman–Crippen MR) is 78.6 cm³/mol. The molecular formula is C15H21N3O2. The Morgan fingerprint density at radius 2 is 2.20 bits per heavy atom. The van der Waals surface area contributed by atoms with Crippen molar-refractivity contribution in [1.29, 1.82) is 0 Å². The lowest BCUT2D eigenvalue weighted by Gasteiger charge is -2.08. The first-order valence-electron chi connectivity index (χ1n) is 6.96. The molecule has 0 atom stereocenters. The highest BCUT2D eigenvalue weighted by molar-refractivity contribution is 5.77. The van der Waals surface area contributed by atoms with Crippen LogP contribution in [0, 0.1) is 0 Å². The van der Waals surface area contributed by atoms with E-state index in [-0.39, 0.29) is 12.5 Å². The summed E-state index contributed by atoms with van der Waals surface area (Å²) in [5, 5.41) is 2.83. The molecule has 108 valence electrons. The quantitative estimate of drug-likeness (QED) is 0.837. The lowest BCUT2D eigenvalue weighted by Crippen LogP contribution is -2.29. The first-order valence-corrected chi connectivity index (χ1v) is 6.96. The molecule has 0 saturated carbocycles. The van der Waals surface area contributed by atoms with Crippen LogP contribution >= 0.6 is 0 Å². The molecule has 1 N–H and O–H groups in total. The summed E-state index contributed by atoms with van der Waals surface area (Å²) in [7, 11) is 1.51. The molecule has 0 bridgehead atoms. The monoisotopic (exact) mass is 275 g/mol. The van der Waals surface area contributed by atoms with E-state index in [0.29, 0.717) is 6.54 Å². The molecular weight excluding hydrogens is 254 g/mol. The summed E-state index contributed by atoms with van der Waals surface area (Å²) < 4.78 is 7.02. The van der Waals surface area contributed by atoms with Crippen molar-refractivity contribution in [2.45, 2.75) is 26.3 Å². The third kappa shape index (κ3) is 3.36. The number of aryl methyl sites for hydroxylation is 1. The standard InChI is InChI=1S/C15H21N3O2/c1-3-10-18-13-7-5-4-6-12(13)17-14(18)8-9-16-15(19)11-20-2/h4-7H,3,8-11H2,1-2H3,(H,16,19). The minimum absolute atomic E-state index is 0.0920. The molecule has 0 spiro atoms. The Morgan fingerprint density at radius 3 is 2.95 bits per heavy atom. The van der Waals surface area contributed by atoms with Gasteiger partial charge in [-0.1, -0.05) is 19.1 Å². The Bertz CT molecular complexity index is 578. The number of rotatable bonds is 7. The van der Waals surface area contributed by atoms with Crippen molar-refractivity contribution < 1.29 is 9.53 Å². The molecule has 5 heteroatoms. The molecule has 1 aromatic carbocycles. The number of nitrogens with zero attached hydrogens (tertiary/aromatic N) is 2. The summed E-state index contributed by atoms with van der Waals surface area (Å²) >= 11 is 0. The van der Waals surface area contributed by atoms with Gasteiger partial charge in [0.15, 0.2) is 0 Å². The van der Waals surface area contributed by atoms with Crippen LogP contribution in [0.4, 0.5) is 0 Å². The Balaban J connectivity index is 2.08. The Kier molecular flexibility index (Phi) is 5.12. The molecule has 0 unspecified atom stereocenters. The first kappa shape index (κ1) is 14.5. The van der Waals surface area contributed by atoms with E-state index in [0.717, 1.165) is 36.2 Å². The molecule has 0 aliphatic carbocycles. The van der Waals surface area contributed by atoms with E-state index in [1.807, 2.05) is 18.2 Å². The molecule has 1 heterocycles. The Hall–Kier alpha value is -1.88. The van der Waals surface area contributed by atoms with E-state index >= 15 is 0 Å². The second kappa shape index (κ2) is 7.05. The molecule has 0 aliphatic heterocycles. The van der Waals surface area contributed by atoms with Gasteiger partial charge in [-0.2, -0.15) is 0 Å². The van der Waals surface area contributed by atoms with E-state index in [4.69, 9.17) is 4.74 Å². The van der Waals surface area contributed by atoms with Crippen LogP contribution in [0.5, 0.6) is 0 Å². The van der Waals surface area contributed by atoms with Crippen molar-refractivity contribution in [3.8, 4) is 0 Å². The number of hydrogen-bond acceptors (Lipinski definition) is 3. The number of ether oxygens (including phenoxy) is 1. The van der Waals surface area contributed by atoms with Crippen LogP contribution < -0.4 is 5.32 Å².